The van der Waals surface area contributed by atoms with Crippen LogP contribution in [0.4, 0.5) is 0 Å². The van der Waals surface area contributed by atoms with Gasteiger partial charge in [-0.2, -0.15) is 0 Å². The van der Waals surface area contributed by atoms with Crippen molar-refractivity contribution in [2.75, 3.05) is 26.7 Å². The van der Waals surface area contributed by atoms with Crippen LogP contribution in [0.1, 0.15) is 37.7 Å². The SMILES string of the molecule is COc1nc(-c2cccc(-c3cccc(Oc4cc(Cl)cc5c4ncn5CCN4CCCCC4C(=O)O)c3Cl)c2Cl)ccc1CNCC1CCC(=O)N1. The number of carbonyl (C=O) groups excluding carboxylic acids is 1. The molecule has 2 aromatic heterocycles. The van der Waals surface area contributed by atoms with Crippen molar-refractivity contribution in [3.63, 3.8) is 0 Å². The van der Waals surface area contributed by atoms with Gasteiger partial charge in [-0.1, -0.05) is 77.6 Å². The van der Waals surface area contributed by atoms with Crippen molar-refractivity contribution in [1.29, 1.82) is 0 Å². The van der Waals surface area contributed by atoms with Crippen molar-refractivity contribution in [1.82, 2.24) is 30.1 Å². The van der Waals surface area contributed by atoms with E-state index in [9.17, 15) is 14.7 Å². The summed E-state index contributed by atoms with van der Waals surface area (Å²) in [6.45, 7) is 3.07. The summed E-state index contributed by atoms with van der Waals surface area (Å²) in [7, 11) is 1.58. The third-order valence-electron chi connectivity index (χ3n) is 9.85. The number of aromatic nitrogens is 3. The molecule has 4 heterocycles. The van der Waals surface area contributed by atoms with Crippen LogP contribution in [-0.4, -0.2) is 75.2 Å². The smallest absolute Gasteiger partial charge is 0.320 e. The Morgan fingerprint density at radius 1 is 0.981 bits per heavy atom. The molecule has 2 unspecified atom stereocenters. The molecule has 2 saturated heterocycles. The number of hydrogen-bond donors (Lipinski definition) is 3. The number of piperidine rings is 1. The van der Waals surface area contributed by atoms with Gasteiger partial charge in [0.05, 0.1) is 34.7 Å². The summed E-state index contributed by atoms with van der Waals surface area (Å²) < 4.78 is 14.0. The number of pyridine rings is 1. The van der Waals surface area contributed by atoms with E-state index in [1.165, 1.54) is 0 Å². The first-order chi connectivity index (χ1) is 25.7. The number of nitrogens with zero attached hydrogens (tertiary/aromatic N) is 4. The van der Waals surface area contributed by atoms with Gasteiger partial charge in [-0.25, -0.2) is 9.97 Å². The molecule has 14 heteroatoms. The molecular formula is C39H39Cl3N6O5. The minimum absolute atomic E-state index is 0.0882. The maximum atomic E-state index is 11.8. The summed E-state index contributed by atoms with van der Waals surface area (Å²) in [5, 5.41) is 17.3. The van der Waals surface area contributed by atoms with Crippen LogP contribution in [0.15, 0.2) is 67.0 Å². The summed E-state index contributed by atoms with van der Waals surface area (Å²) >= 11 is 20.7. The van der Waals surface area contributed by atoms with Crippen molar-refractivity contribution in [2.45, 2.75) is 57.3 Å². The number of aliphatic carboxylic acids is 1. The Hall–Kier alpha value is -4.39. The van der Waals surface area contributed by atoms with Gasteiger partial charge in [0.1, 0.15) is 17.3 Å². The number of carboxylic acids is 1. The van der Waals surface area contributed by atoms with E-state index >= 15 is 0 Å². The van der Waals surface area contributed by atoms with Gasteiger partial charge in [0.2, 0.25) is 11.8 Å². The highest BCUT2D eigenvalue weighted by Crippen LogP contribution is 2.44. The minimum atomic E-state index is -0.783. The largest absolute Gasteiger partial charge is 0.481 e. The average molecular weight is 778 g/mol. The predicted octanol–water partition coefficient (Wildman–Crippen LogP) is 7.83. The van der Waals surface area contributed by atoms with Crippen molar-refractivity contribution >= 4 is 57.7 Å². The molecule has 0 aliphatic carbocycles. The monoisotopic (exact) mass is 776 g/mol. The van der Waals surface area contributed by atoms with E-state index in [4.69, 9.17) is 49.3 Å². The first-order valence-corrected chi connectivity index (χ1v) is 18.7. The number of halogens is 3. The third-order valence-corrected chi connectivity index (χ3v) is 10.9. The average Bonchev–Trinajstić information content (AvgIpc) is 3.77. The molecule has 2 fully saturated rings. The molecule has 5 aromatic rings. The summed E-state index contributed by atoms with van der Waals surface area (Å²) in [5.41, 5.74) is 4.97. The van der Waals surface area contributed by atoms with Gasteiger partial charge in [-0.05, 0) is 44.0 Å². The summed E-state index contributed by atoms with van der Waals surface area (Å²) in [6.07, 6.45) is 5.66. The number of benzene rings is 3. The summed E-state index contributed by atoms with van der Waals surface area (Å²) in [4.78, 5) is 34.8. The van der Waals surface area contributed by atoms with Gasteiger partial charge in [0.25, 0.3) is 0 Å². The lowest BCUT2D eigenvalue weighted by Crippen LogP contribution is -2.45. The molecule has 276 valence electrons. The number of carbonyl (C=O) groups is 2. The number of nitrogens with one attached hydrogen (secondary N) is 2. The molecule has 3 aromatic carbocycles. The summed E-state index contributed by atoms with van der Waals surface area (Å²) in [5.74, 6) is 0.618. The van der Waals surface area contributed by atoms with Crippen LogP contribution in [0, 0.1) is 0 Å². The Morgan fingerprint density at radius 3 is 2.55 bits per heavy atom. The molecule has 0 radical (unpaired) electrons. The molecule has 3 N–H and O–H groups in total. The molecule has 0 bridgehead atoms. The molecule has 2 aliphatic rings. The number of amides is 1. The maximum absolute atomic E-state index is 11.8. The highest BCUT2D eigenvalue weighted by atomic mass is 35.5. The van der Waals surface area contributed by atoms with Crippen molar-refractivity contribution < 1.29 is 24.2 Å². The van der Waals surface area contributed by atoms with Gasteiger partial charge >= 0.3 is 5.97 Å². The van der Waals surface area contributed by atoms with E-state index in [-0.39, 0.29) is 11.9 Å². The fraction of sp³-hybridized carbons (Fsp3) is 0.333. The van der Waals surface area contributed by atoms with E-state index in [0.717, 1.165) is 36.9 Å². The molecule has 0 spiro atoms. The fourth-order valence-electron chi connectivity index (χ4n) is 7.13. The van der Waals surface area contributed by atoms with Crippen LogP contribution in [-0.2, 0) is 22.7 Å². The van der Waals surface area contributed by atoms with Gasteiger partial charge in [-0.3, -0.25) is 14.5 Å². The second kappa shape index (κ2) is 16.3. The van der Waals surface area contributed by atoms with Gasteiger partial charge < -0.3 is 29.8 Å². The van der Waals surface area contributed by atoms with E-state index < -0.39 is 12.0 Å². The molecule has 7 rings (SSSR count). The Morgan fingerprint density at radius 2 is 1.77 bits per heavy atom. The predicted molar refractivity (Wildman–Crippen MR) is 206 cm³/mol. The number of rotatable bonds is 13. The molecular weight excluding hydrogens is 739 g/mol. The molecule has 2 aliphatic heterocycles. The van der Waals surface area contributed by atoms with Crippen LogP contribution in [0.25, 0.3) is 33.4 Å². The first kappa shape index (κ1) is 36.9. The van der Waals surface area contributed by atoms with Gasteiger partial charge in [0.15, 0.2) is 5.75 Å². The lowest BCUT2D eigenvalue weighted by atomic mass is 10.0. The molecule has 1 amide bonds. The third kappa shape index (κ3) is 8.10. The highest BCUT2D eigenvalue weighted by molar-refractivity contribution is 6.38. The van der Waals surface area contributed by atoms with Crippen molar-refractivity contribution in [2.24, 2.45) is 0 Å². The zero-order chi connectivity index (χ0) is 37.1. The van der Waals surface area contributed by atoms with Crippen LogP contribution in [0.2, 0.25) is 15.1 Å². The number of imidazole rings is 1. The molecule has 2 atom stereocenters. The lowest BCUT2D eigenvalue weighted by Gasteiger charge is -2.32. The quantitative estimate of drug-likeness (QED) is 0.110. The number of hydrogen-bond acceptors (Lipinski definition) is 8. The van der Waals surface area contributed by atoms with E-state index in [1.807, 2.05) is 58.0 Å². The van der Waals surface area contributed by atoms with E-state index in [2.05, 4.69) is 15.6 Å². The van der Waals surface area contributed by atoms with E-state index in [1.54, 1.807) is 25.6 Å². The van der Waals surface area contributed by atoms with Crippen molar-refractivity contribution in [3.8, 4) is 39.8 Å². The Kier molecular flexibility index (Phi) is 11.4. The van der Waals surface area contributed by atoms with Crippen LogP contribution in [0.3, 0.4) is 0 Å². The minimum Gasteiger partial charge on any atom is -0.481 e. The Balaban J connectivity index is 1.11. The molecule has 11 nitrogen and oxygen atoms in total. The van der Waals surface area contributed by atoms with Gasteiger partial charge in [0, 0.05) is 72.0 Å². The zero-order valence-electron chi connectivity index (χ0n) is 29.1. The molecule has 0 saturated carbocycles. The maximum Gasteiger partial charge on any atom is 0.320 e. The lowest BCUT2D eigenvalue weighted by molar-refractivity contribution is -0.144. The number of fused-ring (bicyclic) bond motifs is 1. The second-order valence-corrected chi connectivity index (χ2v) is 14.5. The summed E-state index contributed by atoms with van der Waals surface area (Å²) in [6, 6.07) is 18.2. The second-order valence-electron chi connectivity index (χ2n) is 13.3. The Bertz CT molecular complexity index is 2160. The topological polar surface area (TPSA) is 131 Å². The zero-order valence-corrected chi connectivity index (χ0v) is 31.3. The van der Waals surface area contributed by atoms with Crippen LogP contribution in [0.5, 0.6) is 17.4 Å². The van der Waals surface area contributed by atoms with E-state index in [0.29, 0.717) is 99.4 Å². The number of carboxylic acid groups (broad SMARTS) is 1. The molecule has 53 heavy (non-hydrogen) atoms. The Labute approximate surface area is 322 Å². The van der Waals surface area contributed by atoms with Crippen LogP contribution < -0.4 is 20.1 Å². The number of likely N-dealkylation sites (tertiary alicyclic amines) is 1. The normalized spacial score (nSPS) is 17.6. The number of methoxy groups -OCH3 is 1. The van der Waals surface area contributed by atoms with Crippen molar-refractivity contribution in [3.05, 3.63) is 87.6 Å². The first-order valence-electron chi connectivity index (χ1n) is 17.6. The van der Waals surface area contributed by atoms with Gasteiger partial charge in [-0.15, -0.1) is 0 Å². The number of ether oxygens (including phenoxy) is 2. The fourth-order valence-corrected chi connectivity index (χ4v) is 7.92. The van der Waals surface area contributed by atoms with Crippen LogP contribution >= 0.6 is 34.8 Å². The highest BCUT2D eigenvalue weighted by Gasteiger charge is 2.28. The standard InChI is InChI=1S/C39H39Cl3N6O5/c1-52-38-23(20-43-21-25-12-14-34(49)45-25)11-13-29(46-38)28-8-4-6-26(35(28)41)27-7-5-10-32(36(27)42)53-33-19-24(40)18-31-37(33)44-22-48(31)17-16-47-15-3-2-9-30(47)39(50)51/h4-8,10-11,13,18-19,22,25,30,43H,2-3,9,12,14-17,20-21H2,1H3,(H,45,49)(H,50,51).